The molecule has 0 spiro atoms. The van der Waals surface area contributed by atoms with Crippen molar-refractivity contribution in [2.45, 2.75) is 52.0 Å². The molecule has 0 aliphatic heterocycles. The molecule has 1 aromatic carbocycles. The summed E-state index contributed by atoms with van der Waals surface area (Å²) >= 11 is 0. The molecule has 1 saturated carbocycles. The smallest absolute Gasteiger partial charge is 0.254 e. The quantitative estimate of drug-likeness (QED) is 0.873. The van der Waals surface area contributed by atoms with E-state index in [-0.39, 0.29) is 5.91 Å². The number of nitrogens with two attached hydrogens (primary N) is 1. The molecule has 3 nitrogen and oxygen atoms in total. The molecule has 2 N–H and O–H groups in total. The summed E-state index contributed by atoms with van der Waals surface area (Å²) in [5.41, 5.74) is 7.58. The number of carbonyl (C=O) groups is 1. The molecule has 0 bridgehead atoms. The molecule has 3 heteroatoms. The van der Waals surface area contributed by atoms with Crippen molar-refractivity contribution in [1.82, 2.24) is 4.90 Å². The molecule has 1 fully saturated rings. The van der Waals surface area contributed by atoms with Gasteiger partial charge in [-0.2, -0.15) is 0 Å². The minimum absolute atomic E-state index is 0.189. The van der Waals surface area contributed by atoms with Crippen molar-refractivity contribution < 1.29 is 4.79 Å². The van der Waals surface area contributed by atoms with Crippen LogP contribution in [0.25, 0.3) is 0 Å². The Kier molecular flexibility index (Phi) is 5.80. The zero-order valence-electron chi connectivity index (χ0n) is 13.3. The van der Waals surface area contributed by atoms with Crippen molar-refractivity contribution >= 4 is 5.91 Å². The lowest BCUT2D eigenvalue weighted by Gasteiger charge is -2.31. The van der Waals surface area contributed by atoms with E-state index in [2.05, 4.69) is 18.7 Å². The fourth-order valence-corrected chi connectivity index (χ4v) is 3.20. The first-order valence-corrected chi connectivity index (χ1v) is 8.21. The second-order valence-electron chi connectivity index (χ2n) is 6.53. The van der Waals surface area contributed by atoms with Crippen LogP contribution in [0.5, 0.6) is 0 Å². The lowest BCUT2D eigenvalue weighted by atomic mass is 10.0. The number of carbonyl (C=O) groups excluding carboxylic acids is 1. The number of nitrogens with zero attached hydrogens (tertiary/aromatic N) is 1. The third-order valence-corrected chi connectivity index (χ3v) is 4.20. The van der Waals surface area contributed by atoms with Crippen LogP contribution in [-0.4, -0.2) is 29.9 Å². The molecule has 1 aliphatic carbocycles. The molecule has 1 amide bonds. The van der Waals surface area contributed by atoms with Crippen molar-refractivity contribution in [2.24, 2.45) is 11.7 Å². The lowest BCUT2D eigenvalue weighted by Crippen LogP contribution is -2.41. The molecule has 0 unspecified atom stereocenters. The van der Waals surface area contributed by atoms with E-state index in [1.54, 1.807) is 0 Å². The van der Waals surface area contributed by atoms with E-state index >= 15 is 0 Å². The molecular formula is C18H28N2O. The Morgan fingerprint density at radius 2 is 2.05 bits per heavy atom. The highest BCUT2D eigenvalue weighted by molar-refractivity contribution is 5.94. The van der Waals surface area contributed by atoms with Gasteiger partial charge in [-0.05, 0) is 49.4 Å². The van der Waals surface area contributed by atoms with Crippen molar-refractivity contribution in [3.05, 3.63) is 35.4 Å². The van der Waals surface area contributed by atoms with Gasteiger partial charge in [-0.1, -0.05) is 38.8 Å². The van der Waals surface area contributed by atoms with E-state index < -0.39 is 0 Å². The van der Waals surface area contributed by atoms with E-state index in [0.717, 1.165) is 36.9 Å². The fourth-order valence-electron chi connectivity index (χ4n) is 3.20. The first-order valence-electron chi connectivity index (χ1n) is 8.21. The Balaban J connectivity index is 2.18. The average molecular weight is 288 g/mol. The van der Waals surface area contributed by atoms with Gasteiger partial charge < -0.3 is 10.6 Å². The first-order chi connectivity index (χ1) is 10.1. The van der Waals surface area contributed by atoms with Gasteiger partial charge in [0, 0.05) is 18.2 Å². The van der Waals surface area contributed by atoms with Crippen LogP contribution in [-0.2, 0) is 6.42 Å². The highest BCUT2D eigenvalue weighted by atomic mass is 16.2. The Morgan fingerprint density at radius 1 is 1.33 bits per heavy atom. The summed E-state index contributed by atoms with van der Waals surface area (Å²) in [6.07, 6.45) is 5.64. The largest absolute Gasteiger partial charge is 0.335 e. The molecule has 0 atom stereocenters. The van der Waals surface area contributed by atoms with E-state index in [1.807, 2.05) is 24.3 Å². The van der Waals surface area contributed by atoms with Gasteiger partial charge in [-0.3, -0.25) is 4.79 Å². The van der Waals surface area contributed by atoms with Crippen LogP contribution in [0.4, 0.5) is 0 Å². The highest BCUT2D eigenvalue weighted by Gasteiger charge is 2.27. The van der Waals surface area contributed by atoms with Crippen molar-refractivity contribution in [2.75, 3.05) is 13.1 Å². The lowest BCUT2D eigenvalue weighted by molar-refractivity contribution is 0.0655. The van der Waals surface area contributed by atoms with Gasteiger partial charge in [0.25, 0.3) is 5.91 Å². The van der Waals surface area contributed by atoms with Gasteiger partial charge in [0.15, 0.2) is 0 Å². The highest BCUT2D eigenvalue weighted by Crippen LogP contribution is 2.26. The summed E-state index contributed by atoms with van der Waals surface area (Å²) in [5, 5.41) is 0. The standard InChI is InChI=1S/C18H28N2O/c1-14(2)13-20(17-8-3-4-9-17)18(21)16-7-5-6-15(12-16)10-11-19/h5-7,12,14,17H,3-4,8-11,13,19H2,1-2H3. The summed E-state index contributed by atoms with van der Waals surface area (Å²) in [6.45, 7) is 5.83. The van der Waals surface area contributed by atoms with E-state index in [1.165, 1.54) is 12.8 Å². The molecule has 0 aromatic heterocycles. The van der Waals surface area contributed by atoms with Gasteiger partial charge in [0.05, 0.1) is 0 Å². The van der Waals surface area contributed by atoms with Gasteiger partial charge in [0.1, 0.15) is 0 Å². The maximum Gasteiger partial charge on any atom is 0.254 e. The molecule has 0 radical (unpaired) electrons. The molecule has 1 aromatic rings. The van der Waals surface area contributed by atoms with Gasteiger partial charge >= 0.3 is 0 Å². The van der Waals surface area contributed by atoms with Gasteiger partial charge in [-0.15, -0.1) is 0 Å². The van der Waals surface area contributed by atoms with Crippen LogP contribution in [0.15, 0.2) is 24.3 Å². The van der Waals surface area contributed by atoms with Crippen LogP contribution >= 0.6 is 0 Å². The van der Waals surface area contributed by atoms with Crippen LogP contribution in [0.3, 0.4) is 0 Å². The normalized spacial score (nSPS) is 15.6. The van der Waals surface area contributed by atoms with Crippen LogP contribution in [0.1, 0.15) is 55.5 Å². The molecule has 0 saturated heterocycles. The van der Waals surface area contributed by atoms with Crippen LogP contribution < -0.4 is 5.73 Å². The summed E-state index contributed by atoms with van der Waals surface area (Å²) in [7, 11) is 0. The predicted molar refractivity (Wildman–Crippen MR) is 87.3 cm³/mol. The Morgan fingerprint density at radius 3 is 2.67 bits per heavy atom. The molecule has 0 heterocycles. The zero-order chi connectivity index (χ0) is 15.2. The van der Waals surface area contributed by atoms with Crippen molar-refractivity contribution in [1.29, 1.82) is 0 Å². The number of hydrogen-bond donors (Lipinski definition) is 1. The predicted octanol–water partition coefficient (Wildman–Crippen LogP) is 3.23. The summed E-state index contributed by atoms with van der Waals surface area (Å²) < 4.78 is 0. The number of rotatable bonds is 6. The van der Waals surface area contributed by atoms with E-state index in [4.69, 9.17) is 5.73 Å². The van der Waals surface area contributed by atoms with Gasteiger partial charge in [-0.25, -0.2) is 0 Å². The maximum atomic E-state index is 12.9. The third kappa shape index (κ3) is 4.31. The van der Waals surface area contributed by atoms with Crippen LogP contribution in [0, 0.1) is 5.92 Å². The fraction of sp³-hybridized carbons (Fsp3) is 0.611. The Hall–Kier alpha value is -1.35. The maximum absolute atomic E-state index is 12.9. The molecule has 116 valence electrons. The first kappa shape index (κ1) is 16.0. The second kappa shape index (κ2) is 7.60. The third-order valence-electron chi connectivity index (χ3n) is 4.20. The number of hydrogen-bond acceptors (Lipinski definition) is 2. The monoisotopic (exact) mass is 288 g/mol. The van der Waals surface area contributed by atoms with E-state index in [9.17, 15) is 4.79 Å². The van der Waals surface area contributed by atoms with Crippen LogP contribution in [0.2, 0.25) is 0 Å². The topological polar surface area (TPSA) is 46.3 Å². The molecule has 21 heavy (non-hydrogen) atoms. The number of benzene rings is 1. The second-order valence-corrected chi connectivity index (χ2v) is 6.53. The van der Waals surface area contributed by atoms with E-state index in [0.29, 0.717) is 18.5 Å². The Labute approximate surface area is 128 Å². The molecule has 1 aliphatic rings. The molecule has 2 rings (SSSR count). The summed E-state index contributed by atoms with van der Waals surface area (Å²) in [5.74, 6) is 0.691. The average Bonchev–Trinajstić information content (AvgIpc) is 2.98. The minimum atomic E-state index is 0.189. The summed E-state index contributed by atoms with van der Waals surface area (Å²) in [6, 6.07) is 8.40. The minimum Gasteiger partial charge on any atom is -0.335 e. The Bertz CT molecular complexity index is 464. The van der Waals surface area contributed by atoms with Crippen molar-refractivity contribution in [3.63, 3.8) is 0 Å². The molecular weight excluding hydrogens is 260 g/mol. The number of amides is 1. The zero-order valence-corrected chi connectivity index (χ0v) is 13.3. The summed E-state index contributed by atoms with van der Waals surface area (Å²) in [4.78, 5) is 15.0. The van der Waals surface area contributed by atoms with Crippen molar-refractivity contribution in [3.8, 4) is 0 Å². The SMILES string of the molecule is CC(C)CN(C(=O)c1cccc(CCN)c1)C1CCCC1. The van der Waals surface area contributed by atoms with Gasteiger partial charge in [0.2, 0.25) is 0 Å².